The Morgan fingerprint density at radius 3 is 2.30 bits per heavy atom. The highest BCUT2D eigenvalue weighted by Crippen LogP contribution is 2.68. The summed E-state index contributed by atoms with van der Waals surface area (Å²) in [4.78, 5) is 6.66. The first-order valence-corrected chi connectivity index (χ1v) is 12.7. The molecule has 7 nitrogen and oxygen atoms in total. The fourth-order valence-corrected chi connectivity index (χ4v) is 5.46. The average Bonchev–Trinajstić information content (AvgIpc) is 3.39. The zero-order chi connectivity index (χ0) is 26.6. The fourth-order valence-electron chi connectivity index (χ4n) is 5.46. The first-order valence-electron chi connectivity index (χ1n) is 12.7. The molecule has 0 spiro atoms. The Morgan fingerprint density at radius 1 is 1.08 bits per heavy atom. The highest BCUT2D eigenvalue weighted by Gasteiger charge is 2.69. The van der Waals surface area contributed by atoms with E-state index in [9.17, 15) is 10.4 Å². The van der Waals surface area contributed by atoms with Crippen molar-refractivity contribution in [3.05, 3.63) is 82.9 Å². The van der Waals surface area contributed by atoms with Crippen LogP contribution in [0.1, 0.15) is 54.9 Å². The fraction of sp³-hybridized carbons (Fsp3) is 0.400. The predicted octanol–water partition coefficient (Wildman–Crippen LogP) is 4.98. The van der Waals surface area contributed by atoms with Gasteiger partial charge in [0.25, 0.3) is 0 Å². The van der Waals surface area contributed by atoms with Crippen molar-refractivity contribution >= 4 is 0 Å². The quantitative estimate of drug-likeness (QED) is 0.510. The molecule has 0 amide bonds. The number of ether oxygens (including phenoxy) is 3. The van der Waals surface area contributed by atoms with Gasteiger partial charge >= 0.3 is 0 Å². The number of fused-ring (bicyclic) bond motifs is 3. The van der Waals surface area contributed by atoms with Crippen molar-refractivity contribution in [2.45, 2.75) is 43.8 Å². The maximum atomic E-state index is 12.3. The smallest absolute Gasteiger partial charge is 0.226 e. The number of hydrogen-bond acceptors (Lipinski definition) is 7. The number of hydrogen-bond donors (Lipinski definition) is 1. The molecule has 1 aromatic heterocycles. The third-order valence-corrected chi connectivity index (χ3v) is 7.64. The second-order valence-electron chi connectivity index (χ2n) is 9.42. The van der Waals surface area contributed by atoms with E-state index in [1.54, 1.807) is 18.2 Å². The van der Waals surface area contributed by atoms with Crippen molar-refractivity contribution < 1.29 is 19.3 Å². The summed E-state index contributed by atoms with van der Waals surface area (Å²) in [5, 5.41) is 21.5. The number of aromatic nitrogens is 1. The summed E-state index contributed by atoms with van der Waals surface area (Å²) < 4.78 is 17.6. The summed E-state index contributed by atoms with van der Waals surface area (Å²) in [5.74, 6) is 1.03. The molecular formula is C30H35N3O4. The Balaban J connectivity index is 0.000000480. The minimum atomic E-state index is -1.36. The second-order valence-corrected chi connectivity index (χ2v) is 9.42. The van der Waals surface area contributed by atoms with E-state index in [4.69, 9.17) is 14.2 Å². The van der Waals surface area contributed by atoms with Gasteiger partial charge in [-0.1, -0.05) is 56.3 Å². The minimum absolute atomic E-state index is 0.116. The molecule has 3 unspecified atom stereocenters. The lowest BCUT2D eigenvalue weighted by Crippen LogP contribution is -2.48. The van der Waals surface area contributed by atoms with E-state index in [1.165, 1.54) is 14.2 Å². The first kappa shape index (κ1) is 26.5. The van der Waals surface area contributed by atoms with Crippen LogP contribution in [0.2, 0.25) is 0 Å². The van der Waals surface area contributed by atoms with Gasteiger partial charge in [0.1, 0.15) is 11.4 Å². The van der Waals surface area contributed by atoms with Gasteiger partial charge < -0.3 is 24.2 Å². The van der Waals surface area contributed by atoms with E-state index in [1.807, 2.05) is 30.3 Å². The SMILES string of the molecule is CCN(C)CC.COc1cc2c(c(OC)n1)C1(O)CCC(c3ccccc3)C1(c1ccc(C#N)cc1)O2. The number of nitrogens with zero attached hydrogens (tertiary/aromatic N) is 3. The maximum absolute atomic E-state index is 12.3. The lowest BCUT2D eigenvalue weighted by molar-refractivity contribution is -0.106. The Kier molecular flexibility index (Phi) is 7.72. The van der Waals surface area contributed by atoms with Gasteiger partial charge in [-0.3, -0.25) is 0 Å². The van der Waals surface area contributed by atoms with Crippen LogP contribution in [0.25, 0.3) is 0 Å². The average molecular weight is 502 g/mol. The van der Waals surface area contributed by atoms with Crippen molar-refractivity contribution in [1.29, 1.82) is 5.26 Å². The van der Waals surface area contributed by atoms with Crippen LogP contribution < -0.4 is 14.2 Å². The van der Waals surface area contributed by atoms with Gasteiger partial charge in [-0.05, 0) is 56.2 Å². The highest BCUT2D eigenvalue weighted by molar-refractivity contribution is 5.58. The highest BCUT2D eigenvalue weighted by atomic mass is 16.5. The molecule has 2 aliphatic rings. The van der Waals surface area contributed by atoms with E-state index in [0.717, 1.165) is 30.6 Å². The van der Waals surface area contributed by atoms with Gasteiger partial charge in [-0.25, -0.2) is 0 Å². The third kappa shape index (κ3) is 4.41. The molecule has 0 saturated heterocycles. The number of methoxy groups -OCH3 is 2. The Hall–Kier alpha value is -3.60. The number of rotatable bonds is 6. The van der Waals surface area contributed by atoms with Gasteiger partial charge in [-0.2, -0.15) is 10.2 Å². The summed E-state index contributed by atoms with van der Waals surface area (Å²) >= 11 is 0. The summed E-state index contributed by atoms with van der Waals surface area (Å²) in [6, 6.07) is 21.2. The molecule has 7 heteroatoms. The predicted molar refractivity (Wildman–Crippen MR) is 142 cm³/mol. The lowest BCUT2D eigenvalue weighted by Gasteiger charge is -2.40. The molecule has 37 heavy (non-hydrogen) atoms. The molecule has 1 fully saturated rings. The largest absolute Gasteiger partial charge is 0.481 e. The van der Waals surface area contributed by atoms with Crippen molar-refractivity contribution in [3.63, 3.8) is 0 Å². The molecule has 2 aromatic carbocycles. The molecule has 3 atom stereocenters. The van der Waals surface area contributed by atoms with Crippen molar-refractivity contribution in [2.24, 2.45) is 0 Å². The number of aliphatic hydroxyl groups is 1. The summed E-state index contributed by atoms with van der Waals surface area (Å²) in [7, 11) is 5.17. The van der Waals surface area contributed by atoms with Crippen molar-refractivity contribution in [1.82, 2.24) is 9.88 Å². The Labute approximate surface area is 219 Å². The first-order chi connectivity index (χ1) is 17.9. The van der Waals surface area contributed by atoms with Crippen LogP contribution in [-0.2, 0) is 11.2 Å². The zero-order valence-corrected chi connectivity index (χ0v) is 22.2. The molecule has 0 radical (unpaired) electrons. The molecule has 0 bridgehead atoms. The molecule has 194 valence electrons. The standard InChI is InChI=1S/C25H22N2O4.C5H13N/c1-29-21-14-20-22(23(27-21)30-2)24(28)13-12-19(17-6-4-3-5-7-17)25(24,31-20)18-10-8-16(15-26)9-11-18;1-4-6(3)5-2/h3-11,14,19,28H,12-13H2,1-2H3;4-5H2,1-3H3. The molecule has 1 aliphatic heterocycles. The van der Waals surface area contributed by atoms with E-state index < -0.39 is 11.2 Å². The van der Waals surface area contributed by atoms with Gasteiger partial charge in [0.15, 0.2) is 5.60 Å². The lowest BCUT2D eigenvalue weighted by atomic mass is 9.72. The van der Waals surface area contributed by atoms with Gasteiger partial charge in [0.2, 0.25) is 11.8 Å². The maximum Gasteiger partial charge on any atom is 0.226 e. The monoisotopic (exact) mass is 501 g/mol. The molecule has 1 N–H and O–H groups in total. The Bertz CT molecular complexity index is 1250. The molecule has 1 saturated carbocycles. The number of nitriles is 1. The van der Waals surface area contributed by atoms with E-state index in [0.29, 0.717) is 35.1 Å². The van der Waals surface area contributed by atoms with Crippen LogP contribution in [0, 0.1) is 11.3 Å². The van der Waals surface area contributed by atoms with E-state index in [2.05, 4.69) is 49.0 Å². The number of benzene rings is 2. The van der Waals surface area contributed by atoms with Crippen LogP contribution in [-0.4, -0.2) is 49.3 Å². The van der Waals surface area contributed by atoms with Crippen LogP contribution >= 0.6 is 0 Å². The molecule has 2 heterocycles. The van der Waals surface area contributed by atoms with Crippen molar-refractivity contribution in [2.75, 3.05) is 34.4 Å². The number of pyridine rings is 1. The minimum Gasteiger partial charge on any atom is -0.481 e. The molecule has 1 aliphatic carbocycles. The zero-order valence-electron chi connectivity index (χ0n) is 22.2. The van der Waals surface area contributed by atoms with Crippen LogP contribution in [0.15, 0.2) is 60.7 Å². The molecule has 3 aromatic rings. The van der Waals surface area contributed by atoms with Crippen molar-refractivity contribution in [3.8, 4) is 23.6 Å². The van der Waals surface area contributed by atoms with Crippen LogP contribution in [0.5, 0.6) is 17.5 Å². The summed E-state index contributed by atoms with van der Waals surface area (Å²) in [6.07, 6.45) is 1.19. The van der Waals surface area contributed by atoms with Crippen LogP contribution in [0.4, 0.5) is 0 Å². The summed E-state index contributed by atoms with van der Waals surface area (Å²) in [6.45, 7) is 6.64. The van der Waals surface area contributed by atoms with Gasteiger partial charge in [-0.15, -0.1) is 0 Å². The third-order valence-electron chi connectivity index (χ3n) is 7.64. The normalized spacial score (nSPS) is 23.2. The van der Waals surface area contributed by atoms with Gasteiger partial charge in [0, 0.05) is 12.0 Å². The summed E-state index contributed by atoms with van der Waals surface area (Å²) in [5.41, 5.74) is 0.521. The van der Waals surface area contributed by atoms with Crippen LogP contribution in [0.3, 0.4) is 0 Å². The molecular weight excluding hydrogens is 466 g/mol. The Morgan fingerprint density at radius 2 is 1.76 bits per heavy atom. The topological polar surface area (TPSA) is 87.8 Å². The van der Waals surface area contributed by atoms with Gasteiger partial charge in [0.05, 0.1) is 31.4 Å². The van der Waals surface area contributed by atoms with E-state index in [-0.39, 0.29) is 5.92 Å². The molecule has 5 rings (SSSR count). The second kappa shape index (κ2) is 10.8. The van der Waals surface area contributed by atoms with E-state index >= 15 is 0 Å².